The van der Waals surface area contributed by atoms with E-state index < -0.39 is 6.09 Å². The van der Waals surface area contributed by atoms with E-state index in [2.05, 4.69) is 10.1 Å². The van der Waals surface area contributed by atoms with Crippen LogP contribution in [-0.2, 0) is 9.53 Å². The van der Waals surface area contributed by atoms with Crippen LogP contribution in [0.4, 0.5) is 14.9 Å². The fraction of sp³-hybridized carbons (Fsp3) is 0.333. The van der Waals surface area contributed by atoms with Crippen LogP contribution in [0.5, 0.6) is 0 Å². The summed E-state index contributed by atoms with van der Waals surface area (Å²) in [7, 11) is 1.26. The predicted molar refractivity (Wildman–Crippen MR) is 64.8 cm³/mol. The Kier molecular flexibility index (Phi) is 5.10. The van der Waals surface area contributed by atoms with Crippen molar-refractivity contribution in [3.63, 3.8) is 0 Å². The quantitative estimate of drug-likeness (QED) is 0.886. The molecular formula is C12H15FN2O3. The van der Waals surface area contributed by atoms with Crippen LogP contribution in [0.2, 0.25) is 0 Å². The van der Waals surface area contributed by atoms with Gasteiger partial charge in [0.15, 0.2) is 0 Å². The first-order chi connectivity index (χ1) is 8.54. The molecule has 0 fully saturated rings. The molecule has 0 aromatic heterocycles. The highest BCUT2D eigenvalue weighted by Gasteiger charge is 2.11. The molecule has 2 amide bonds. The minimum Gasteiger partial charge on any atom is -0.453 e. The van der Waals surface area contributed by atoms with Gasteiger partial charge in [-0.15, -0.1) is 0 Å². The maximum atomic E-state index is 12.8. The number of hydrogen-bond donors (Lipinski definition) is 1. The smallest absolute Gasteiger partial charge is 0.406 e. The Labute approximate surface area is 105 Å². The van der Waals surface area contributed by atoms with E-state index in [1.54, 1.807) is 0 Å². The summed E-state index contributed by atoms with van der Waals surface area (Å²) < 4.78 is 17.2. The maximum absolute atomic E-state index is 12.8. The Morgan fingerprint density at radius 3 is 2.44 bits per heavy atom. The summed E-state index contributed by atoms with van der Waals surface area (Å²) in [6.07, 6.45) is -0.558. The topological polar surface area (TPSA) is 58.6 Å². The molecule has 0 radical (unpaired) electrons. The van der Waals surface area contributed by atoms with E-state index in [0.29, 0.717) is 5.69 Å². The molecule has 1 aromatic carbocycles. The van der Waals surface area contributed by atoms with Gasteiger partial charge in [-0.05, 0) is 24.3 Å². The number of nitrogens with one attached hydrogen (secondary N) is 1. The van der Waals surface area contributed by atoms with Gasteiger partial charge >= 0.3 is 6.09 Å². The third-order valence-corrected chi connectivity index (χ3v) is 2.31. The molecule has 5 nitrogen and oxygen atoms in total. The molecule has 0 aliphatic rings. The molecule has 0 saturated heterocycles. The van der Waals surface area contributed by atoms with Crippen LogP contribution in [0.3, 0.4) is 0 Å². The van der Waals surface area contributed by atoms with E-state index in [0.717, 1.165) is 0 Å². The van der Waals surface area contributed by atoms with E-state index >= 15 is 0 Å². The van der Waals surface area contributed by atoms with Gasteiger partial charge < -0.3 is 15.0 Å². The number of hydrogen-bond acceptors (Lipinski definition) is 3. The molecule has 0 heterocycles. The van der Waals surface area contributed by atoms with Gasteiger partial charge in [-0.3, -0.25) is 4.79 Å². The summed E-state index contributed by atoms with van der Waals surface area (Å²) in [5, 5.41) is 2.47. The van der Waals surface area contributed by atoms with Crippen LogP contribution in [0.1, 0.15) is 6.92 Å². The summed E-state index contributed by atoms with van der Waals surface area (Å²) in [6, 6.07) is 5.57. The second-order valence-corrected chi connectivity index (χ2v) is 3.57. The fourth-order valence-corrected chi connectivity index (χ4v) is 1.43. The molecule has 0 spiro atoms. The summed E-state index contributed by atoms with van der Waals surface area (Å²) in [5.74, 6) is -0.553. The maximum Gasteiger partial charge on any atom is 0.406 e. The van der Waals surface area contributed by atoms with Crippen LogP contribution in [0.25, 0.3) is 0 Å². The second-order valence-electron chi connectivity index (χ2n) is 3.57. The third-order valence-electron chi connectivity index (χ3n) is 2.31. The largest absolute Gasteiger partial charge is 0.453 e. The van der Waals surface area contributed by atoms with Crippen molar-refractivity contribution in [2.45, 2.75) is 6.92 Å². The molecular weight excluding hydrogens is 239 g/mol. The summed E-state index contributed by atoms with van der Waals surface area (Å²) in [5.41, 5.74) is 0.579. The van der Waals surface area contributed by atoms with E-state index in [4.69, 9.17) is 0 Å². The lowest BCUT2D eigenvalue weighted by molar-refractivity contribution is -0.116. The van der Waals surface area contributed by atoms with Crippen LogP contribution in [0.15, 0.2) is 24.3 Å². The third kappa shape index (κ3) is 4.04. The molecule has 0 aliphatic heterocycles. The number of anilines is 1. The Morgan fingerprint density at radius 1 is 1.33 bits per heavy atom. The molecule has 0 atom stereocenters. The Bertz CT molecular complexity index is 420. The Hall–Kier alpha value is -2.11. The highest BCUT2D eigenvalue weighted by molar-refractivity contribution is 5.91. The monoisotopic (exact) mass is 254 g/mol. The summed E-state index contributed by atoms with van der Waals surface area (Å²) in [4.78, 5) is 23.8. The first kappa shape index (κ1) is 14.0. The molecule has 98 valence electrons. The van der Waals surface area contributed by atoms with Gasteiger partial charge in [0.1, 0.15) is 5.82 Å². The molecule has 1 N–H and O–H groups in total. The number of nitrogens with zero attached hydrogens (tertiary/aromatic N) is 1. The molecule has 0 saturated carbocycles. The lowest BCUT2D eigenvalue weighted by Gasteiger charge is -2.21. The number of ether oxygens (including phenoxy) is 1. The van der Waals surface area contributed by atoms with Crippen molar-refractivity contribution in [2.75, 3.05) is 25.1 Å². The van der Waals surface area contributed by atoms with E-state index in [1.165, 1.54) is 43.2 Å². The van der Waals surface area contributed by atoms with Crippen molar-refractivity contribution >= 4 is 17.7 Å². The zero-order valence-electron chi connectivity index (χ0n) is 10.3. The zero-order valence-corrected chi connectivity index (χ0v) is 10.3. The Morgan fingerprint density at radius 2 is 1.94 bits per heavy atom. The fourth-order valence-electron chi connectivity index (χ4n) is 1.43. The Balaban J connectivity index is 2.63. The first-order valence-electron chi connectivity index (χ1n) is 5.40. The average Bonchev–Trinajstić information content (AvgIpc) is 2.35. The number of halogens is 1. The van der Waals surface area contributed by atoms with Crippen molar-refractivity contribution in [3.8, 4) is 0 Å². The van der Waals surface area contributed by atoms with Crippen molar-refractivity contribution in [1.82, 2.24) is 5.32 Å². The predicted octanol–water partition coefficient (Wildman–Crippen LogP) is 1.53. The SMILES string of the molecule is COC(=O)NCCN(C(C)=O)c1ccc(F)cc1. The lowest BCUT2D eigenvalue weighted by Crippen LogP contribution is -2.37. The average molecular weight is 254 g/mol. The van der Waals surface area contributed by atoms with Crippen LogP contribution < -0.4 is 10.2 Å². The molecule has 0 aliphatic carbocycles. The van der Waals surface area contributed by atoms with E-state index in [9.17, 15) is 14.0 Å². The first-order valence-corrected chi connectivity index (χ1v) is 5.40. The summed E-state index contributed by atoms with van der Waals surface area (Å²) >= 11 is 0. The molecule has 18 heavy (non-hydrogen) atoms. The number of benzene rings is 1. The van der Waals surface area contributed by atoms with E-state index in [1.807, 2.05) is 0 Å². The standard InChI is InChI=1S/C12H15FN2O3/c1-9(16)15(8-7-14-12(17)18-2)11-5-3-10(13)4-6-11/h3-6H,7-8H2,1-2H3,(H,14,17). The van der Waals surface area contributed by atoms with Crippen LogP contribution in [-0.4, -0.2) is 32.2 Å². The molecule has 1 rings (SSSR count). The number of rotatable bonds is 4. The van der Waals surface area contributed by atoms with Gasteiger partial charge in [0.05, 0.1) is 7.11 Å². The molecule has 0 unspecified atom stereocenters. The van der Waals surface area contributed by atoms with Gasteiger partial charge in [0, 0.05) is 25.7 Å². The molecule has 0 bridgehead atoms. The summed E-state index contributed by atoms with van der Waals surface area (Å²) in [6.45, 7) is 1.95. The normalized spacial score (nSPS) is 9.72. The van der Waals surface area contributed by atoms with Crippen molar-refractivity contribution in [1.29, 1.82) is 0 Å². The minimum absolute atomic E-state index is 0.187. The van der Waals surface area contributed by atoms with Crippen LogP contribution in [0, 0.1) is 5.82 Å². The second kappa shape index (κ2) is 6.58. The van der Waals surface area contributed by atoms with Gasteiger partial charge in [-0.2, -0.15) is 0 Å². The number of carbonyl (C=O) groups is 2. The highest BCUT2D eigenvalue weighted by atomic mass is 19.1. The van der Waals surface area contributed by atoms with Gasteiger partial charge in [0.25, 0.3) is 0 Å². The number of methoxy groups -OCH3 is 1. The van der Waals surface area contributed by atoms with Crippen molar-refractivity contribution in [3.05, 3.63) is 30.1 Å². The van der Waals surface area contributed by atoms with Crippen molar-refractivity contribution < 1.29 is 18.7 Å². The van der Waals surface area contributed by atoms with E-state index in [-0.39, 0.29) is 24.8 Å². The van der Waals surface area contributed by atoms with Gasteiger partial charge in [0.2, 0.25) is 5.91 Å². The number of amides is 2. The lowest BCUT2D eigenvalue weighted by atomic mass is 10.2. The zero-order chi connectivity index (χ0) is 13.5. The minimum atomic E-state index is -0.558. The molecule has 6 heteroatoms. The van der Waals surface area contributed by atoms with Gasteiger partial charge in [-0.1, -0.05) is 0 Å². The number of alkyl carbamates (subject to hydrolysis) is 1. The molecule has 1 aromatic rings. The highest BCUT2D eigenvalue weighted by Crippen LogP contribution is 2.14. The van der Waals surface area contributed by atoms with Crippen LogP contribution >= 0.6 is 0 Å². The number of carbonyl (C=O) groups excluding carboxylic acids is 2. The van der Waals surface area contributed by atoms with Crippen molar-refractivity contribution in [2.24, 2.45) is 0 Å². The van der Waals surface area contributed by atoms with Gasteiger partial charge in [-0.25, -0.2) is 9.18 Å².